The van der Waals surface area contributed by atoms with Crippen LogP contribution in [0.4, 0.5) is 0 Å². The molecule has 0 aromatic carbocycles. The number of esters is 1. The monoisotopic (exact) mass is 286 g/mol. The maximum absolute atomic E-state index is 11.4. The Bertz CT molecular complexity index is 291. The number of carbonyl (C=O) groups excluding carboxylic acids is 1. The van der Waals surface area contributed by atoms with Crippen LogP contribution in [0.5, 0.6) is 0 Å². The van der Waals surface area contributed by atoms with Crippen molar-refractivity contribution in [1.82, 2.24) is 0 Å². The van der Waals surface area contributed by atoms with Gasteiger partial charge in [-0.1, -0.05) is 48.5 Å². The molecule has 112 valence electrons. The zero-order valence-electron chi connectivity index (χ0n) is 13.5. The molecule has 3 nitrogen and oxygen atoms in total. The van der Waals surface area contributed by atoms with Gasteiger partial charge in [-0.25, -0.2) is 0 Å². The quantitative estimate of drug-likeness (QED) is 0.544. The molecule has 1 saturated heterocycles. The summed E-state index contributed by atoms with van der Waals surface area (Å²) in [6.45, 7) is 16.2. The standard InChI is InChI=1S/C15H30O3Si/c1-10(2)19(11(3)4,12(5)6)17-9-14-8-13(7)15(16)18-14/h10-14H,8-9H2,1-7H3/t13-,14-/m0/s1. The van der Waals surface area contributed by atoms with Crippen molar-refractivity contribution in [2.75, 3.05) is 6.61 Å². The SMILES string of the molecule is CC(C)[Si](OC[C@@H]1C[C@H](C)C(=O)O1)(C(C)C)C(C)C. The molecule has 0 spiro atoms. The van der Waals surface area contributed by atoms with Crippen LogP contribution in [0, 0.1) is 5.92 Å². The van der Waals surface area contributed by atoms with Gasteiger partial charge in [-0.05, 0) is 23.0 Å². The molecule has 0 N–H and O–H groups in total. The Balaban J connectivity index is 2.72. The van der Waals surface area contributed by atoms with Crippen LogP contribution in [-0.2, 0) is 14.0 Å². The summed E-state index contributed by atoms with van der Waals surface area (Å²) in [5, 5.41) is 0. The molecule has 0 amide bonds. The van der Waals surface area contributed by atoms with E-state index in [1.165, 1.54) is 0 Å². The first-order valence-electron chi connectivity index (χ1n) is 7.56. The predicted molar refractivity (Wildman–Crippen MR) is 80.7 cm³/mol. The van der Waals surface area contributed by atoms with Gasteiger partial charge in [-0.3, -0.25) is 4.79 Å². The van der Waals surface area contributed by atoms with E-state index in [2.05, 4.69) is 41.5 Å². The van der Waals surface area contributed by atoms with Crippen molar-refractivity contribution in [3.63, 3.8) is 0 Å². The molecule has 4 heteroatoms. The summed E-state index contributed by atoms with van der Waals surface area (Å²) in [5.74, 6) is -0.0404. The summed E-state index contributed by atoms with van der Waals surface area (Å²) >= 11 is 0. The molecule has 0 unspecified atom stereocenters. The second-order valence-corrected chi connectivity index (χ2v) is 12.3. The van der Waals surface area contributed by atoms with Crippen LogP contribution < -0.4 is 0 Å². The topological polar surface area (TPSA) is 35.5 Å². The van der Waals surface area contributed by atoms with E-state index in [4.69, 9.17) is 9.16 Å². The number of rotatable bonds is 6. The summed E-state index contributed by atoms with van der Waals surface area (Å²) in [6, 6.07) is 0. The van der Waals surface area contributed by atoms with Crippen molar-refractivity contribution in [3.8, 4) is 0 Å². The zero-order valence-corrected chi connectivity index (χ0v) is 14.5. The van der Waals surface area contributed by atoms with Gasteiger partial charge < -0.3 is 9.16 Å². The van der Waals surface area contributed by atoms with Crippen LogP contribution >= 0.6 is 0 Å². The van der Waals surface area contributed by atoms with Crippen LogP contribution in [0.2, 0.25) is 16.6 Å². The van der Waals surface area contributed by atoms with Gasteiger partial charge in [0.05, 0.1) is 12.5 Å². The second kappa shape index (κ2) is 6.40. The Kier molecular flexibility index (Phi) is 5.62. The summed E-state index contributed by atoms with van der Waals surface area (Å²) in [7, 11) is -1.83. The fourth-order valence-corrected chi connectivity index (χ4v) is 9.13. The molecule has 0 saturated carbocycles. The van der Waals surface area contributed by atoms with Crippen LogP contribution in [-0.4, -0.2) is 27.0 Å². The fraction of sp³-hybridized carbons (Fsp3) is 0.933. The van der Waals surface area contributed by atoms with E-state index in [1.807, 2.05) is 6.92 Å². The van der Waals surface area contributed by atoms with E-state index in [-0.39, 0.29) is 18.0 Å². The predicted octanol–water partition coefficient (Wildman–Crippen LogP) is 4.13. The Morgan fingerprint density at radius 2 is 1.63 bits per heavy atom. The average Bonchev–Trinajstić information content (AvgIpc) is 2.57. The van der Waals surface area contributed by atoms with Gasteiger partial charge in [-0.15, -0.1) is 0 Å². The Morgan fingerprint density at radius 1 is 1.16 bits per heavy atom. The molecule has 1 rings (SSSR count). The van der Waals surface area contributed by atoms with Crippen molar-refractivity contribution >= 4 is 14.3 Å². The lowest BCUT2D eigenvalue weighted by atomic mass is 10.1. The maximum atomic E-state index is 11.4. The minimum Gasteiger partial charge on any atom is -0.460 e. The number of hydrogen-bond acceptors (Lipinski definition) is 3. The molecular weight excluding hydrogens is 256 g/mol. The van der Waals surface area contributed by atoms with Gasteiger partial charge >= 0.3 is 5.97 Å². The third kappa shape index (κ3) is 3.40. The van der Waals surface area contributed by atoms with Crippen molar-refractivity contribution in [1.29, 1.82) is 0 Å². The summed E-state index contributed by atoms with van der Waals surface area (Å²) in [6.07, 6.45) is 0.767. The van der Waals surface area contributed by atoms with E-state index >= 15 is 0 Å². The van der Waals surface area contributed by atoms with Crippen molar-refractivity contribution in [2.24, 2.45) is 5.92 Å². The molecule has 0 bridgehead atoms. The molecule has 1 heterocycles. The van der Waals surface area contributed by atoms with E-state index in [9.17, 15) is 4.79 Å². The van der Waals surface area contributed by atoms with E-state index in [0.717, 1.165) is 6.42 Å². The first kappa shape index (κ1) is 16.7. The van der Waals surface area contributed by atoms with Gasteiger partial charge in [0.25, 0.3) is 0 Å². The van der Waals surface area contributed by atoms with E-state index < -0.39 is 8.32 Å². The Labute approximate surface area is 119 Å². The van der Waals surface area contributed by atoms with Crippen molar-refractivity contribution in [2.45, 2.75) is 77.6 Å². The molecule has 1 aliphatic heterocycles. The zero-order chi connectivity index (χ0) is 14.8. The minimum absolute atomic E-state index is 0.0295. The molecule has 0 aliphatic carbocycles. The third-order valence-corrected chi connectivity index (χ3v) is 10.6. The highest BCUT2D eigenvalue weighted by Gasteiger charge is 2.46. The van der Waals surface area contributed by atoms with Crippen LogP contribution in [0.15, 0.2) is 0 Å². The highest BCUT2D eigenvalue weighted by Crippen LogP contribution is 2.42. The Hall–Kier alpha value is -0.353. The average molecular weight is 286 g/mol. The number of carbonyl (C=O) groups is 1. The number of hydrogen-bond donors (Lipinski definition) is 0. The minimum atomic E-state index is -1.83. The van der Waals surface area contributed by atoms with E-state index in [0.29, 0.717) is 23.2 Å². The molecule has 1 aliphatic rings. The smallest absolute Gasteiger partial charge is 0.309 e. The largest absolute Gasteiger partial charge is 0.460 e. The normalized spacial score (nSPS) is 24.6. The Morgan fingerprint density at radius 3 is 1.95 bits per heavy atom. The van der Waals surface area contributed by atoms with Gasteiger partial charge in [0.2, 0.25) is 8.32 Å². The van der Waals surface area contributed by atoms with Crippen molar-refractivity contribution < 1.29 is 14.0 Å². The molecule has 0 radical (unpaired) electrons. The van der Waals surface area contributed by atoms with Crippen LogP contribution in [0.3, 0.4) is 0 Å². The first-order chi connectivity index (χ1) is 8.71. The fourth-order valence-electron chi connectivity index (χ4n) is 3.66. The molecule has 2 atom stereocenters. The van der Waals surface area contributed by atoms with Gasteiger partial charge in [0, 0.05) is 0 Å². The third-order valence-electron chi connectivity index (χ3n) is 4.53. The number of cyclic esters (lactones) is 1. The van der Waals surface area contributed by atoms with Gasteiger partial charge in [-0.2, -0.15) is 0 Å². The lowest BCUT2D eigenvalue weighted by Gasteiger charge is -2.42. The molecule has 0 aromatic heterocycles. The summed E-state index contributed by atoms with van der Waals surface area (Å²) in [5.41, 5.74) is 1.71. The van der Waals surface area contributed by atoms with Gasteiger partial charge in [0.15, 0.2) is 0 Å². The molecule has 1 fully saturated rings. The van der Waals surface area contributed by atoms with Gasteiger partial charge in [0.1, 0.15) is 6.10 Å². The van der Waals surface area contributed by atoms with Crippen LogP contribution in [0.25, 0.3) is 0 Å². The second-order valence-electron chi connectivity index (χ2n) is 6.82. The molecular formula is C15H30O3Si. The highest BCUT2D eigenvalue weighted by molar-refractivity contribution is 6.77. The highest BCUT2D eigenvalue weighted by atomic mass is 28.4. The molecule has 19 heavy (non-hydrogen) atoms. The van der Waals surface area contributed by atoms with Crippen molar-refractivity contribution in [3.05, 3.63) is 0 Å². The summed E-state index contributed by atoms with van der Waals surface area (Å²) in [4.78, 5) is 11.4. The lowest BCUT2D eigenvalue weighted by Crippen LogP contribution is -2.49. The van der Waals surface area contributed by atoms with E-state index in [1.54, 1.807) is 0 Å². The maximum Gasteiger partial charge on any atom is 0.309 e. The first-order valence-corrected chi connectivity index (χ1v) is 9.70. The number of ether oxygens (including phenoxy) is 1. The summed E-state index contributed by atoms with van der Waals surface area (Å²) < 4.78 is 11.8. The molecule has 0 aromatic rings. The lowest BCUT2D eigenvalue weighted by molar-refractivity contribution is -0.144. The van der Waals surface area contributed by atoms with Crippen LogP contribution in [0.1, 0.15) is 54.9 Å².